The molecule has 25 heavy (non-hydrogen) atoms. The average Bonchev–Trinajstić information content (AvgIpc) is 3.10. The number of amides is 2. The number of likely N-dealkylation sites (N-methyl/N-ethyl adjacent to an activating group) is 1. The maximum absolute atomic E-state index is 13.4. The summed E-state index contributed by atoms with van der Waals surface area (Å²) in [5.41, 5.74) is -1.05. The van der Waals surface area contributed by atoms with E-state index in [4.69, 9.17) is 0 Å². The molecule has 3 atom stereocenters. The Kier molecular flexibility index (Phi) is 6.43. The first-order chi connectivity index (χ1) is 11.8. The molecule has 1 saturated heterocycles. The van der Waals surface area contributed by atoms with Crippen molar-refractivity contribution < 1.29 is 19.5 Å². The van der Waals surface area contributed by atoms with Gasteiger partial charge < -0.3 is 20.6 Å². The van der Waals surface area contributed by atoms with Crippen molar-refractivity contribution in [1.82, 2.24) is 15.5 Å². The normalized spacial score (nSPS) is 25.2. The lowest BCUT2D eigenvalue weighted by Crippen LogP contribution is -2.65. The van der Waals surface area contributed by atoms with Gasteiger partial charge in [0, 0.05) is 6.54 Å². The maximum Gasteiger partial charge on any atom is 0.326 e. The van der Waals surface area contributed by atoms with Gasteiger partial charge in [-0.25, -0.2) is 4.79 Å². The van der Waals surface area contributed by atoms with Crippen molar-refractivity contribution >= 4 is 17.8 Å². The highest BCUT2D eigenvalue weighted by Gasteiger charge is 2.48. The van der Waals surface area contributed by atoms with Gasteiger partial charge in [-0.15, -0.1) is 0 Å². The highest BCUT2D eigenvalue weighted by atomic mass is 16.4. The van der Waals surface area contributed by atoms with Gasteiger partial charge in [0.2, 0.25) is 11.8 Å². The summed E-state index contributed by atoms with van der Waals surface area (Å²) in [5, 5.41) is 15.3. The monoisotopic (exact) mass is 353 g/mol. The van der Waals surface area contributed by atoms with Crippen molar-refractivity contribution in [2.24, 2.45) is 5.92 Å². The molecule has 2 rings (SSSR count). The van der Waals surface area contributed by atoms with E-state index in [0.29, 0.717) is 19.4 Å². The number of hydrogen-bond acceptors (Lipinski definition) is 4. The van der Waals surface area contributed by atoms with Crippen LogP contribution >= 0.6 is 0 Å². The Morgan fingerprint density at radius 1 is 1.12 bits per heavy atom. The zero-order valence-corrected chi connectivity index (χ0v) is 15.5. The number of likely N-dealkylation sites (tertiary alicyclic amines) is 1. The predicted molar refractivity (Wildman–Crippen MR) is 94.0 cm³/mol. The second-order valence-corrected chi connectivity index (χ2v) is 7.53. The lowest BCUT2D eigenvalue weighted by atomic mass is 9.74. The van der Waals surface area contributed by atoms with Crippen molar-refractivity contribution in [2.45, 2.75) is 76.4 Å². The summed E-state index contributed by atoms with van der Waals surface area (Å²) in [6, 6.07) is -1.20. The van der Waals surface area contributed by atoms with Crippen LogP contribution in [0.3, 0.4) is 0 Å². The van der Waals surface area contributed by atoms with Gasteiger partial charge in [-0.1, -0.05) is 19.3 Å². The summed E-state index contributed by atoms with van der Waals surface area (Å²) in [5.74, 6) is -1.40. The Bertz CT molecular complexity index is 518. The van der Waals surface area contributed by atoms with Crippen LogP contribution in [0.1, 0.15) is 58.8 Å². The molecule has 3 N–H and O–H groups in total. The minimum Gasteiger partial charge on any atom is -0.480 e. The zero-order chi connectivity index (χ0) is 18.6. The topological polar surface area (TPSA) is 98.7 Å². The van der Waals surface area contributed by atoms with Gasteiger partial charge in [0.1, 0.15) is 11.6 Å². The third-order valence-electron chi connectivity index (χ3n) is 5.87. The number of carboxylic acid groups (broad SMARTS) is 1. The van der Waals surface area contributed by atoms with Crippen LogP contribution in [-0.2, 0) is 14.4 Å². The number of hydrogen-bond donors (Lipinski definition) is 3. The lowest BCUT2D eigenvalue weighted by molar-refractivity contribution is -0.153. The van der Waals surface area contributed by atoms with Crippen LogP contribution in [0.25, 0.3) is 0 Å². The molecule has 1 saturated carbocycles. The van der Waals surface area contributed by atoms with Gasteiger partial charge in [0.15, 0.2) is 0 Å². The number of carbonyl (C=O) groups is 3. The molecular weight excluding hydrogens is 322 g/mol. The molecule has 1 aliphatic heterocycles. The molecule has 0 bridgehead atoms. The molecule has 2 amide bonds. The molecule has 1 aliphatic carbocycles. The summed E-state index contributed by atoms with van der Waals surface area (Å²) in [6.45, 7) is 3.97. The van der Waals surface area contributed by atoms with Crippen LogP contribution in [0.4, 0.5) is 0 Å². The third kappa shape index (κ3) is 4.14. The van der Waals surface area contributed by atoms with E-state index in [1.807, 2.05) is 0 Å². The summed E-state index contributed by atoms with van der Waals surface area (Å²) >= 11 is 0. The SMILES string of the molecule is CNC(C)C(=O)NC(C)(C(=O)N1CCC[C@H]1C(=O)O)C1CCCCC1. The van der Waals surface area contributed by atoms with Gasteiger partial charge in [-0.05, 0) is 52.5 Å². The largest absolute Gasteiger partial charge is 0.480 e. The molecule has 2 fully saturated rings. The molecule has 0 aromatic heterocycles. The fourth-order valence-electron chi connectivity index (χ4n) is 4.07. The molecule has 142 valence electrons. The smallest absolute Gasteiger partial charge is 0.326 e. The minimum atomic E-state index is -1.05. The van der Waals surface area contributed by atoms with Crippen LogP contribution < -0.4 is 10.6 Å². The Balaban J connectivity index is 2.27. The Morgan fingerprint density at radius 3 is 2.32 bits per heavy atom. The number of nitrogens with one attached hydrogen (secondary N) is 2. The molecule has 0 radical (unpaired) electrons. The fourth-order valence-corrected chi connectivity index (χ4v) is 4.07. The summed E-state index contributed by atoms with van der Waals surface area (Å²) in [7, 11) is 1.70. The predicted octanol–water partition coefficient (Wildman–Crippen LogP) is 1.13. The molecule has 1 heterocycles. The van der Waals surface area contributed by atoms with Crippen LogP contribution in [0.5, 0.6) is 0 Å². The molecular formula is C18H31N3O4. The number of rotatable bonds is 6. The second kappa shape index (κ2) is 8.17. The number of carbonyl (C=O) groups excluding carboxylic acids is 2. The van der Waals surface area contributed by atoms with Gasteiger partial charge in [-0.3, -0.25) is 9.59 Å². The van der Waals surface area contributed by atoms with Crippen LogP contribution in [0.15, 0.2) is 0 Å². The number of aliphatic carboxylic acids is 1. The van der Waals surface area contributed by atoms with Crippen molar-refractivity contribution in [2.75, 3.05) is 13.6 Å². The lowest BCUT2D eigenvalue weighted by Gasteiger charge is -2.42. The van der Waals surface area contributed by atoms with Crippen molar-refractivity contribution in [3.8, 4) is 0 Å². The Morgan fingerprint density at radius 2 is 1.76 bits per heavy atom. The number of carboxylic acids is 1. The Labute approximate surface area is 149 Å². The first-order valence-electron chi connectivity index (χ1n) is 9.34. The average molecular weight is 353 g/mol. The van der Waals surface area contributed by atoms with Gasteiger partial charge >= 0.3 is 5.97 Å². The molecule has 2 aliphatic rings. The van der Waals surface area contributed by atoms with Crippen LogP contribution in [-0.4, -0.2) is 59.0 Å². The van der Waals surface area contributed by atoms with Crippen molar-refractivity contribution in [3.05, 3.63) is 0 Å². The first-order valence-corrected chi connectivity index (χ1v) is 9.34. The standard InChI is InChI=1S/C18H31N3O4/c1-12(19-3)15(22)20-18(2,13-8-5-4-6-9-13)17(25)21-11-7-10-14(21)16(23)24/h12-14,19H,4-11H2,1-3H3,(H,20,22)(H,23,24)/t12?,14-,18?/m0/s1. The van der Waals surface area contributed by atoms with E-state index in [-0.39, 0.29) is 17.7 Å². The number of nitrogens with zero attached hydrogens (tertiary/aromatic N) is 1. The van der Waals surface area contributed by atoms with E-state index in [2.05, 4.69) is 10.6 Å². The highest BCUT2D eigenvalue weighted by Crippen LogP contribution is 2.35. The second-order valence-electron chi connectivity index (χ2n) is 7.53. The quantitative estimate of drug-likeness (QED) is 0.665. The third-order valence-corrected chi connectivity index (χ3v) is 5.87. The molecule has 2 unspecified atom stereocenters. The van der Waals surface area contributed by atoms with E-state index in [0.717, 1.165) is 32.1 Å². The van der Waals surface area contributed by atoms with Gasteiger partial charge in [0.25, 0.3) is 0 Å². The van der Waals surface area contributed by atoms with Crippen LogP contribution in [0.2, 0.25) is 0 Å². The zero-order valence-electron chi connectivity index (χ0n) is 15.5. The highest BCUT2D eigenvalue weighted by molar-refractivity contribution is 5.95. The van der Waals surface area contributed by atoms with E-state index in [9.17, 15) is 19.5 Å². The van der Waals surface area contributed by atoms with Crippen molar-refractivity contribution in [3.63, 3.8) is 0 Å². The van der Waals surface area contributed by atoms with Crippen molar-refractivity contribution in [1.29, 1.82) is 0 Å². The first kappa shape index (κ1) is 19.7. The van der Waals surface area contributed by atoms with E-state index in [1.165, 1.54) is 4.90 Å². The molecule has 7 nitrogen and oxygen atoms in total. The van der Waals surface area contributed by atoms with Crippen LogP contribution in [0, 0.1) is 5.92 Å². The minimum absolute atomic E-state index is 0.0387. The summed E-state index contributed by atoms with van der Waals surface area (Å²) < 4.78 is 0. The van der Waals surface area contributed by atoms with E-state index in [1.54, 1.807) is 20.9 Å². The van der Waals surface area contributed by atoms with Gasteiger partial charge in [0.05, 0.1) is 6.04 Å². The summed E-state index contributed by atoms with van der Waals surface area (Å²) in [4.78, 5) is 38.8. The Hall–Kier alpha value is -1.63. The molecule has 0 spiro atoms. The molecule has 7 heteroatoms. The van der Waals surface area contributed by atoms with Gasteiger partial charge in [-0.2, -0.15) is 0 Å². The van der Waals surface area contributed by atoms with E-state index >= 15 is 0 Å². The molecule has 0 aromatic carbocycles. The van der Waals surface area contributed by atoms with E-state index < -0.39 is 23.6 Å². The fraction of sp³-hybridized carbons (Fsp3) is 0.833. The summed E-state index contributed by atoms with van der Waals surface area (Å²) in [6.07, 6.45) is 6.13. The molecule has 0 aromatic rings. The maximum atomic E-state index is 13.4.